The summed E-state index contributed by atoms with van der Waals surface area (Å²) in [6.45, 7) is 3.14. The van der Waals surface area contributed by atoms with Gasteiger partial charge in [0, 0.05) is 20.3 Å². The maximum absolute atomic E-state index is 12.3. The monoisotopic (exact) mass is 255 g/mol. The molecular formula is C12H21N3O3. The molecule has 1 aromatic rings. The van der Waals surface area contributed by atoms with Crippen LogP contribution in [0.2, 0.25) is 0 Å². The first kappa shape index (κ1) is 14.7. The third-order valence-electron chi connectivity index (χ3n) is 2.66. The van der Waals surface area contributed by atoms with E-state index in [1.54, 1.807) is 18.0 Å². The van der Waals surface area contributed by atoms with E-state index in [0.29, 0.717) is 31.0 Å². The van der Waals surface area contributed by atoms with Crippen molar-refractivity contribution >= 4 is 5.78 Å². The Morgan fingerprint density at radius 2 is 2.28 bits per heavy atom. The minimum Gasteiger partial charge on any atom is -0.493 e. The standard InChI is InChI=1S/C12H21N3O3/c1-4-6-15-11(10(18-3)8-14-15)12(16)9(13)5-7-17-2/h8-9H,4-7,13H2,1-3H3. The van der Waals surface area contributed by atoms with Gasteiger partial charge in [0.15, 0.2) is 5.75 Å². The van der Waals surface area contributed by atoms with Crippen molar-refractivity contribution in [2.45, 2.75) is 32.4 Å². The average Bonchev–Trinajstić information content (AvgIpc) is 2.78. The van der Waals surface area contributed by atoms with Crippen LogP contribution in [0.3, 0.4) is 0 Å². The van der Waals surface area contributed by atoms with Crippen molar-refractivity contribution in [2.75, 3.05) is 20.8 Å². The van der Waals surface area contributed by atoms with Crippen LogP contribution in [0.4, 0.5) is 0 Å². The van der Waals surface area contributed by atoms with E-state index in [-0.39, 0.29) is 5.78 Å². The number of nitrogens with zero attached hydrogens (tertiary/aromatic N) is 2. The van der Waals surface area contributed by atoms with E-state index in [0.717, 1.165) is 6.42 Å². The Hall–Kier alpha value is -1.40. The second-order valence-electron chi connectivity index (χ2n) is 4.04. The molecule has 1 rings (SSSR count). The molecule has 1 aromatic heterocycles. The van der Waals surface area contributed by atoms with E-state index in [4.69, 9.17) is 15.2 Å². The summed E-state index contributed by atoms with van der Waals surface area (Å²) in [5.41, 5.74) is 6.30. The molecule has 0 radical (unpaired) electrons. The number of ketones is 1. The molecule has 0 saturated heterocycles. The van der Waals surface area contributed by atoms with Crippen LogP contribution >= 0.6 is 0 Å². The number of nitrogens with two attached hydrogens (primary N) is 1. The molecule has 0 aliphatic heterocycles. The van der Waals surface area contributed by atoms with Crippen LogP contribution < -0.4 is 10.5 Å². The molecule has 0 aromatic carbocycles. The lowest BCUT2D eigenvalue weighted by Crippen LogP contribution is -2.33. The Kier molecular flexibility index (Phi) is 5.80. The fourth-order valence-electron chi connectivity index (χ4n) is 1.70. The van der Waals surface area contributed by atoms with Crippen molar-refractivity contribution in [1.29, 1.82) is 0 Å². The molecule has 2 N–H and O–H groups in total. The van der Waals surface area contributed by atoms with Crippen LogP contribution in [0.25, 0.3) is 0 Å². The van der Waals surface area contributed by atoms with Crippen molar-refractivity contribution in [3.8, 4) is 5.75 Å². The van der Waals surface area contributed by atoms with E-state index in [1.807, 2.05) is 6.92 Å². The molecule has 0 saturated carbocycles. The van der Waals surface area contributed by atoms with Crippen LogP contribution in [0.5, 0.6) is 5.75 Å². The lowest BCUT2D eigenvalue weighted by molar-refractivity contribution is 0.0921. The third kappa shape index (κ3) is 3.30. The molecule has 1 atom stereocenters. The number of hydrogen-bond donors (Lipinski definition) is 1. The lowest BCUT2D eigenvalue weighted by atomic mass is 10.1. The first-order chi connectivity index (χ1) is 8.65. The Morgan fingerprint density at radius 1 is 1.56 bits per heavy atom. The van der Waals surface area contributed by atoms with Gasteiger partial charge in [-0.05, 0) is 12.8 Å². The molecule has 1 heterocycles. The molecule has 6 nitrogen and oxygen atoms in total. The highest BCUT2D eigenvalue weighted by Gasteiger charge is 2.24. The normalized spacial score (nSPS) is 12.4. The number of aryl methyl sites for hydroxylation is 1. The topological polar surface area (TPSA) is 79.4 Å². The molecule has 0 bridgehead atoms. The Bertz CT molecular complexity index is 390. The van der Waals surface area contributed by atoms with Crippen LogP contribution in [-0.4, -0.2) is 42.4 Å². The van der Waals surface area contributed by atoms with Gasteiger partial charge in [0.1, 0.15) is 5.69 Å². The second kappa shape index (κ2) is 7.13. The minimum atomic E-state index is -0.592. The van der Waals surface area contributed by atoms with Gasteiger partial charge in [0.05, 0.1) is 19.3 Å². The molecule has 102 valence electrons. The molecule has 1 unspecified atom stereocenters. The molecule has 0 aliphatic carbocycles. The molecule has 0 spiro atoms. The van der Waals surface area contributed by atoms with Gasteiger partial charge in [0.2, 0.25) is 5.78 Å². The largest absolute Gasteiger partial charge is 0.493 e. The van der Waals surface area contributed by atoms with E-state index >= 15 is 0 Å². The Balaban J connectivity index is 2.91. The molecule has 0 fully saturated rings. The number of aromatic nitrogens is 2. The highest BCUT2D eigenvalue weighted by molar-refractivity contribution is 6.00. The number of rotatable bonds is 8. The first-order valence-electron chi connectivity index (χ1n) is 6.04. The molecule has 0 aliphatic rings. The summed E-state index contributed by atoms with van der Waals surface area (Å²) in [7, 11) is 3.10. The zero-order valence-corrected chi connectivity index (χ0v) is 11.2. The molecular weight excluding hydrogens is 234 g/mol. The van der Waals surface area contributed by atoms with Gasteiger partial charge in [-0.1, -0.05) is 6.92 Å². The maximum atomic E-state index is 12.3. The van der Waals surface area contributed by atoms with Crippen LogP contribution in [0, 0.1) is 0 Å². The van der Waals surface area contributed by atoms with Crippen LogP contribution in [-0.2, 0) is 11.3 Å². The average molecular weight is 255 g/mol. The van der Waals surface area contributed by atoms with Gasteiger partial charge in [-0.15, -0.1) is 0 Å². The SMILES string of the molecule is CCCn1ncc(OC)c1C(=O)C(N)CCOC. The summed E-state index contributed by atoms with van der Waals surface area (Å²) in [6, 6.07) is -0.592. The van der Waals surface area contributed by atoms with Gasteiger partial charge >= 0.3 is 0 Å². The number of hydrogen-bond acceptors (Lipinski definition) is 5. The number of Topliss-reactive ketones (excluding diaryl/α,β-unsaturated/α-hetero) is 1. The lowest BCUT2D eigenvalue weighted by Gasteiger charge is -2.12. The van der Waals surface area contributed by atoms with Crippen LogP contribution in [0.1, 0.15) is 30.3 Å². The van der Waals surface area contributed by atoms with Crippen molar-refractivity contribution in [1.82, 2.24) is 9.78 Å². The smallest absolute Gasteiger partial charge is 0.201 e. The summed E-state index contributed by atoms with van der Waals surface area (Å²) in [5, 5.41) is 4.14. The van der Waals surface area contributed by atoms with E-state index in [2.05, 4.69) is 5.10 Å². The van der Waals surface area contributed by atoms with Crippen molar-refractivity contribution in [3.63, 3.8) is 0 Å². The summed E-state index contributed by atoms with van der Waals surface area (Å²) in [5.74, 6) is 0.316. The maximum Gasteiger partial charge on any atom is 0.201 e. The van der Waals surface area contributed by atoms with Crippen molar-refractivity contribution in [3.05, 3.63) is 11.9 Å². The zero-order chi connectivity index (χ0) is 13.5. The number of carbonyl (C=O) groups excluding carboxylic acids is 1. The van der Waals surface area contributed by atoms with Crippen molar-refractivity contribution < 1.29 is 14.3 Å². The highest BCUT2D eigenvalue weighted by atomic mass is 16.5. The number of ether oxygens (including phenoxy) is 2. The zero-order valence-electron chi connectivity index (χ0n) is 11.2. The molecule has 18 heavy (non-hydrogen) atoms. The predicted molar refractivity (Wildman–Crippen MR) is 67.9 cm³/mol. The van der Waals surface area contributed by atoms with Crippen molar-refractivity contribution in [2.24, 2.45) is 5.73 Å². The Morgan fingerprint density at radius 3 is 2.83 bits per heavy atom. The quantitative estimate of drug-likeness (QED) is 0.697. The fraction of sp³-hybridized carbons (Fsp3) is 0.667. The van der Waals surface area contributed by atoms with E-state index in [1.165, 1.54) is 7.11 Å². The predicted octanol–water partition coefficient (Wildman–Crippen LogP) is 0.848. The van der Waals surface area contributed by atoms with E-state index in [9.17, 15) is 4.79 Å². The van der Waals surface area contributed by atoms with Gasteiger partial charge < -0.3 is 15.2 Å². The van der Waals surface area contributed by atoms with Gasteiger partial charge in [-0.2, -0.15) is 5.10 Å². The highest BCUT2D eigenvalue weighted by Crippen LogP contribution is 2.20. The summed E-state index contributed by atoms with van der Waals surface area (Å²) < 4.78 is 11.7. The van der Waals surface area contributed by atoms with Gasteiger partial charge in [0.25, 0.3) is 0 Å². The first-order valence-corrected chi connectivity index (χ1v) is 6.04. The fourth-order valence-corrected chi connectivity index (χ4v) is 1.70. The molecule has 0 amide bonds. The van der Waals surface area contributed by atoms with Gasteiger partial charge in [-0.3, -0.25) is 9.48 Å². The summed E-state index contributed by atoms with van der Waals surface area (Å²) in [6.07, 6.45) is 2.92. The summed E-state index contributed by atoms with van der Waals surface area (Å²) >= 11 is 0. The minimum absolute atomic E-state index is 0.158. The van der Waals surface area contributed by atoms with E-state index < -0.39 is 6.04 Å². The summed E-state index contributed by atoms with van der Waals surface area (Å²) in [4.78, 5) is 12.3. The van der Waals surface area contributed by atoms with Crippen LogP contribution in [0.15, 0.2) is 6.20 Å². The van der Waals surface area contributed by atoms with Gasteiger partial charge in [-0.25, -0.2) is 0 Å². The number of methoxy groups -OCH3 is 2. The number of carbonyl (C=O) groups is 1. The molecule has 6 heteroatoms. The second-order valence-corrected chi connectivity index (χ2v) is 4.04. The Labute approximate surface area is 107 Å². The third-order valence-corrected chi connectivity index (χ3v) is 2.66.